The van der Waals surface area contributed by atoms with Crippen LogP contribution in [0.15, 0.2) is 36.9 Å². The fraction of sp³-hybridized carbons (Fsp3) is 0.577. The molecule has 5 rings (SSSR count). The van der Waals surface area contributed by atoms with Crippen molar-refractivity contribution in [2.45, 2.75) is 60.3 Å². The Balaban J connectivity index is 1.57. The number of nitrogens with zero attached hydrogens (tertiary/aromatic N) is 5. The molecule has 3 aliphatic rings. The van der Waals surface area contributed by atoms with Gasteiger partial charge in [0.2, 0.25) is 11.8 Å². The summed E-state index contributed by atoms with van der Waals surface area (Å²) in [5.41, 5.74) is 1.50. The zero-order valence-electron chi connectivity index (χ0n) is 21.4. The first-order valence-corrected chi connectivity index (χ1v) is 14.7. The molecule has 1 N–H and O–H groups in total. The third kappa shape index (κ3) is 4.06. The molecule has 1 spiro atoms. The van der Waals surface area contributed by atoms with Gasteiger partial charge in [0.05, 0.1) is 41.4 Å². The molecule has 0 radical (unpaired) electrons. The van der Waals surface area contributed by atoms with Crippen molar-refractivity contribution in [3.05, 3.63) is 36.9 Å². The first-order valence-electron chi connectivity index (χ1n) is 12.9. The molecule has 204 valence electrons. The zero-order valence-corrected chi connectivity index (χ0v) is 23.8. The van der Waals surface area contributed by atoms with Crippen LogP contribution in [-0.4, -0.2) is 94.4 Å². The molecule has 38 heavy (non-hydrogen) atoms. The van der Waals surface area contributed by atoms with Crippen molar-refractivity contribution in [3.63, 3.8) is 0 Å². The van der Waals surface area contributed by atoms with Gasteiger partial charge in [0.25, 0.3) is 0 Å². The Kier molecular flexibility index (Phi) is 7.58. The van der Waals surface area contributed by atoms with Gasteiger partial charge in [-0.15, -0.1) is 23.4 Å². The Morgan fingerprint density at radius 2 is 2.16 bits per heavy atom. The molecule has 2 aromatic rings. The zero-order chi connectivity index (χ0) is 27.2. The minimum absolute atomic E-state index is 0.0532. The highest BCUT2D eigenvalue weighted by Crippen LogP contribution is 2.68. The number of carbonyl (C=O) groups excluding carboxylic acids is 3. The maximum absolute atomic E-state index is 14.5. The van der Waals surface area contributed by atoms with Gasteiger partial charge in [-0.25, -0.2) is 4.68 Å². The molecule has 4 heterocycles. The van der Waals surface area contributed by atoms with Crippen LogP contribution in [0.2, 0.25) is 0 Å². The average Bonchev–Trinajstić information content (AvgIpc) is 3.62. The average molecular weight is 607 g/mol. The fourth-order valence-electron chi connectivity index (χ4n) is 6.39. The molecule has 0 saturated carbocycles. The highest BCUT2D eigenvalue weighted by atomic mass is 79.9. The summed E-state index contributed by atoms with van der Waals surface area (Å²) in [5, 5.41) is 18.5. The summed E-state index contributed by atoms with van der Waals surface area (Å²) < 4.78 is 6.24. The molecule has 7 atom stereocenters. The lowest BCUT2D eigenvalue weighted by Crippen LogP contribution is -2.57. The van der Waals surface area contributed by atoms with Gasteiger partial charge in [0.1, 0.15) is 18.2 Å². The van der Waals surface area contributed by atoms with Gasteiger partial charge in [-0.05, 0) is 31.9 Å². The molecule has 10 nitrogen and oxygen atoms in total. The summed E-state index contributed by atoms with van der Waals surface area (Å²) in [6, 6.07) is 6.09. The number of fused-ring (bicyclic) bond motifs is 2. The predicted octanol–water partition coefficient (Wildman–Crippen LogP) is 2.20. The highest BCUT2D eigenvalue weighted by molar-refractivity contribution is 9.09. The number of ether oxygens (including phenoxy) is 1. The van der Waals surface area contributed by atoms with Gasteiger partial charge >= 0.3 is 5.97 Å². The molecule has 3 aliphatic heterocycles. The molecule has 3 unspecified atom stereocenters. The normalized spacial score (nSPS) is 30.5. The molecule has 12 heteroatoms. The first-order chi connectivity index (χ1) is 18.3. The summed E-state index contributed by atoms with van der Waals surface area (Å²) in [4.78, 5) is 44.9. The van der Waals surface area contributed by atoms with E-state index >= 15 is 0 Å². The standard InChI is InChI=1S/C26H32BrN5O5S/c1-4-11-30(14-31-18-10-8-7-9-17(18)28-29-31)24(35)22-26-12-16(27)21(38-26)19(25(36)37-6-3)20(26)23(34)32(22)15(5-2)13-33/h4,7-10,15-16,19-22,33H,1,5-6,11-14H2,2-3H3/t15-,16?,19+,20-,21+,22?,26?/m0/s1. The number of alkyl halides is 1. The van der Waals surface area contributed by atoms with E-state index in [0.717, 1.165) is 5.52 Å². The number of para-hydroxylation sites is 1. The number of halogens is 1. The number of rotatable bonds is 10. The van der Waals surface area contributed by atoms with Crippen molar-refractivity contribution in [1.29, 1.82) is 0 Å². The van der Waals surface area contributed by atoms with Gasteiger partial charge in [-0.2, -0.15) is 0 Å². The van der Waals surface area contributed by atoms with Crippen molar-refractivity contribution in [2.24, 2.45) is 11.8 Å². The Hall–Kier alpha value is -2.44. The van der Waals surface area contributed by atoms with Crippen molar-refractivity contribution < 1.29 is 24.2 Å². The molecule has 1 aromatic heterocycles. The van der Waals surface area contributed by atoms with Crippen LogP contribution in [0.1, 0.15) is 26.7 Å². The van der Waals surface area contributed by atoms with E-state index in [4.69, 9.17) is 4.74 Å². The minimum atomic E-state index is -0.860. The van der Waals surface area contributed by atoms with E-state index < -0.39 is 34.6 Å². The quantitative estimate of drug-likeness (QED) is 0.249. The number of amides is 2. The van der Waals surface area contributed by atoms with Crippen LogP contribution >= 0.6 is 27.7 Å². The van der Waals surface area contributed by atoms with Crippen molar-refractivity contribution in [3.8, 4) is 0 Å². The third-order valence-corrected chi connectivity index (χ3v) is 11.2. The summed E-state index contributed by atoms with van der Waals surface area (Å²) in [7, 11) is 0. The first kappa shape index (κ1) is 27.1. The number of esters is 1. The molecular formula is C26H32BrN5O5S. The van der Waals surface area contributed by atoms with E-state index in [0.29, 0.717) is 18.4 Å². The van der Waals surface area contributed by atoms with Gasteiger partial charge in [-0.1, -0.05) is 46.3 Å². The Morgan fingerprint density at radius 3 is 2.84 bits per heavy atom. The molecule has 0 aliphatic carbocycles. The van der Waals surface area contributed by atoms with Gasteiger partial charge < -0.3 is 19.6 Å². The smallest absolute Gasteiger partial charge is 0.310 e. The number of hydrogen-bond acceptors (Lipinski definition) is 8. The van der Waals surface area contributed by atoms with Crippen molar-refractivity contribution in [2.75, 3.05) is 19.8 Å². The minimum Gasteiger partial charge on any atom is -0.466 e. The molecule has 3 saturated heterocycles. The van der Waals surface area contributed by atoms with Crippen LogP contribution < -0.4 is 0 Å². The van der Waals surface area contributed by atoms with Crippen LogP contribution in [0.4, 0.5) is 0 Å². The number of aromatic nitrogens is 3. The van der Waals surface area contributed by atoms with Crippen LogP contribution in [0.25, 0.3) is 11.0 Å². The number of likely N-dealkylation sites (tertiary alicyclic amines) is 1. The van der Waals surface area contributed by atoms with Crippen LogP contribution in [0.5, 0.6) is 0 Å². The predicted molar refractivity (Wildman–Crippen MR) is 146 cm³/mol. The number of carbonyl (C=O) groups is 3. The molecule has 1 aromatic carbocycles. The van der Waals surface area contributed by atoms with Crippen molar-refractivity contribution >= 4 is 56.5 Å². The Labute approximate surface area is 233 Å². The largest absolute Gasteiger partial charge is 0.466 e. The van der Waals surface area contributed by atoms with E-state index in [1.807, 2.05) is 31.2 Å². The monoisotopic (exact) mass is 605 g/mol. The lowest BCUT2D eigenvalue weighted by atomic mass is 9.71. The second-order valence-electron chi connectivity index (χ2n) is 9.97. The number of benzene rings is 1. The van der Waals surface area contributed by atoms with E-state index in [9.17, 15) is 19.5 Å². The second kappa shape index (κ2) is 10.6. The highest BCUT2D eigenvalue weighted by Gasteiger charge is 2.76. The van der Waals surface area contributed by atoms with Gasteiger partial charge in [0, 0.05) is 16.6 Å². The number of aliphatic hydroxyl groups is 1. The number of aliphatic hydroxyl groups excluding tert-OH is 1. The number of hydrogen-bond donors (Lipinski definition) is 1. The van der Waals surface area contributed by atoms with Crippen LogP contribution in [0, 0.1) is 11.8 Å². The fourth-order valence-corrected chi connectivity index (χ4v) is 9.97. The third-order valence-electron chi connectivity index (χ3n) is 7.98. The van der Waals surface area contributed by atoms with E-state index in [-0.39, 0.29) is 48.3 Å². The van der Waals surface area contributed by atoms with E-state index in [1.54, 1.807) is 39.2 Å². The lowest BCUT2D eigenvalue weighted by molar-refractivity contribution is -0.154. The summed E-state index contributed by atoms with van der Waals surface area (Å²) in [6.45, 7) is 7.76. The van der Waals surface area contributed by atoms with Gasteiger partial charge in [-0.3, -0.25) is 14.4 Å². The van der Waals surface area contributed by atoms with Crippen molar-refractivity contribution in [1.82, 2.24) is 24.8 Å². The SMILES string of the molecule is C=CCN(Cn1nnc2ccccc21)C(=O)C1N([C@@H](CC)CO)C(=O)[C@@H]2[C@@H](C(=O)OCC)[C@@H]3SC12CC3Br. The molecule has 2 bridgehead atoms. The molecular weight excluding hydrogens is 574 g/mol. The van der Waals surface area contributed by atoms with E-state index in [2.05, 4.69) is 32.8 Å². The second-order valence-corrected chi connectivity index (χ2v) is 12.7. The topological polar surface area (TPSA) is 118 Å². The summed E-state index contributed by atoms with van der Waals surface area (Å²) in [5.74, 6) is -2.28. The summed E-state index contributed by atoms with van der Waals surface area (Å²) in [6.07, 6.45) is 2.67. The number of thioether (sulfide) groups is 1. The van der Waals surface area contributed by atoms with Crippen LogP contribution in [0.3, 0.4) is 0 Å². The maximum Gasteiger partial charge on any atom is 0.310 e. The molecule has 2 amide bonds. The van der Waals surface area contributed by atoms with E-state index in [1.165, 1.54) is 0 Å². The molecule has 3 fully saturated rings. The van der Waals surface area contributed by atoms with Crippen LogP contribution in [-0.2, 0) is 25.8 Å². The van der Waals surface area contributed by atoms with Gasteiger partial charge in [0.15, 0.2) is 0 Å². The lowest BCUT2D eigenvalue weighted by Gasteiger charge is -2.39. The maximum atomic E-state index is 14.5. The Bertz CT molecular complexity index is 1250. The summed E-state index contributed by atoms with van der Waals surface area (Å²) >= 11 is 5.29. The Morgan fingerprint density at radius 1 is 1.39 bits per heavy atom.